The van der Waals surface area contributed by atoms with Crippen LogP contribution in [0.1, 0.15) is 25.7 Å². The highest BCUT2D eigenvalue weighted by molar-refractivity contribution is 5.74. The molecule has 0 radical (unpaired) electrons. The van der Waals surface area contributed by atoms with E-state index in [1.54, 1.807) is 11.8 Å². The second-order valence-electron chi connectivity index (χ2n) is 6.44. The molecule has 0 spiro atoms. The summed E-state index contributed by atoms with van der Waals surface area (Å²) < 4.78 is 5.63. The Balaban J connectivity index is 1.47. The number of nitrogens with zero attached hydrogens (tertiary/aromatic N) is 3. The zero-order chi connectivity index (χ0) is 17.6. The van der Waals surface area contributed by atoms with Crippen molar-refractivity contribution in [2.45, 2.75) is 32.3 Å². The monoisotopic (exact) mass is 344 g/mol. The minimum Gasteiger partial charge on any atom is -0.421 e. The highest BCUT2D eigenvalue weighted by Crippen LogP contribution is 2.20. The number of aliphatic hydroxyl groups excluding tert-OH is 1. The van der Waals surface area contributed by atoms with Crippen molar-refractivity contribution >= 4 is 6.03 Å². The van der Waals surface area contributed by atoms with Crippen LogP contribution < -0.4 is 5.32 Å². The third kappa shape index (κ3) is 4.57. The summed E-state index contributed by atoms with van der Waals surface area (Å²) in [5, 5.41) is 20.7. The van der Waals surface area contributed by atoms with Crippen molar-refractivity contribution in [2.75, 3.05) is 19.6 Å². The van der Waals surface area contributed by atoms with Crippen LogP contribution in [0.15, 0.2) is 34.7 Å². The number of likely N-dealkylation sites (tertiary alicyclic amines) is 1. The molecule has 1 saturated heterocycles. The number of amides is 2. The molecule has 0 aliphatic carbocycles. The van der Waals surface area contributed by atoms with Crippen molar-refractivity contribution in [3.8, 4) is 11.5 Å². The van der Waals surface area contributed by atoms with Crippen molar-refractivity contribution in [3.05, 3.63) is 36.2 Å². The van der Waals surface area contributed by atoms with Gasteiger partial charge in [-0.1, -0.05) is 18.2 Å². The second-order valence-corrected chi connectivity index (χ2v) is 6.44. The minimum atomic E-state index is -0.384. The SMILES string of the molecule is CC(O)C1CCCN(C(=O)NCCc2nnc(-c3ccccc3)o2)C1. The van der Waals surface area contributed by atoms with Crippen LogP contribution in [-0.2, 0) is 6.42 Å². The molecule has 25 heavy (non-hydrogen) atoms. The first-order chi connectivity index (χ1) is 12.1. The summed E-state index contributed by atoms with van der Waals surface area (Å²) in [5.41, 5.74) is 0.878. The van der Waals surface area contributed by atoms with E-state index in [-0.39, 0.29) is 18.1 Å². The Morgan fingerprint density at radius 2 is 2.20 bits per heavy atom. The van der Waals surface area contributed by atoms with Gasteiger partial charge in [-0.25, -0.2) is 4.79 Å². The number of benzene rings is 1. The van der Waals surface area contributed by atoms with Crippen molar-refractivity contribution in [1.82, 2.24) is 20.4 Å². The summed E-state index contributed by atoms with van der Waals surface area (Å²) in [5.74, 6) is 1.14. The topological polar surface area (TPSA) is 91.5 Å². The summed E-state index contributed by atoms with van der Waals surface area (Å²) in [6, 6.07) is 9.48. The van der Waals surface area contributed by atoms with Gasteiger partial charge in [0.05, 0.1) is 6.10 Å². The summed E-state index contributed by atoms with van der Waals surface area (Å²) in [6.07, 6.45) is 1.99. The predicted octanol–water partition coefficient (Wildman–Crippen LogP) is 2.08. The lowest BCUT2D eigenvalue weighted by molar-refractivity contribution is 0.0740. The first-order valence-corrected chi connectivity index (χ1v) is 8.72. The highest BCUT2D eigenvalue weighted by Gasteiger charge is 2.26. The Morgan fingerprint density at radius 1 is 1.40 bits per heavy atom. The minimum absolute atomic E-state index is 0.104. The number of rotatable bonds is 5. The third-order valence-electron chi connectivity index (χ3n) is 4.53. The molecule has 2 amide bonds. The number of hydrogen-bond donors (Lipinski definition) is 2. The van der Waals surface area contributed by atoms with Crippen molar-refractivity contribution in [2.24, 2.45) is 5.92 Å². The third-order valence-corrected chi connectivity index (χ3v) is 4.53. The number of aromatic nitrogens is 2. The largest absolute Gasteiger partial charge is 0.421 e. The molecule has 3 rings (SSSR count). The Hall–Kier alpha value is -2.41. The van der Waals surface area contributed by atoms with Gasteiger partial charge in [0.15, 0.2) is 0 Å². The van der Waals surface area contributed by atoms with Gasteiger partial charge in [0.25, 0.3) is 0 Å². The van der Waals surface area contributed by atoms with Gasteiger partial charge >= 0.3 is 6.03 Å². The number of hydrogen-bond acceptors (Lipinski definition) is 5. The lowest BCUT2D eigenvalue weighted by atomic mass is 9.94. The fourth-order valence-corrected chi connectivity index (χ4v) is 3.03. The van der Waals surface area contributed by atoms with E-state index in [4.69, 9.17) is 4.42 Å². The van der Waals surface area contributed by atoms with Crippen LogP contribution >= 0.6 is 0 Å². The molecule has 1 fully saturated rings. The first-order valence-electron chi connectivity index (χ1n) is 8.72. The maximum absolute atomic E-state index is 12.2. The van der Waals surface area contributed by atoms with Gasteiger partial charge in [-0.15, -0.1) is 10.2 Å². The molecule has 0 bridgehead atoms. The van der Waals surface area contributed by atoms with Crippen LogP contribution in [0.2, 0.25) is 0 Å². The van der Waals surface area contributed by atoms with Crippen LogP contribution in [0, 0.1) is 5.92 Å². The summed E-state index contributed by atoms with van der Waals surface area (Å²) >= 11 is 0. The number of urea groups is 1. The van der Waals surface area contributed by atoms with Gasteiger partial charge in [0.2, 0.25) is 11.8 Å². The van der Waals surface area contributed by atoms with Crippen molar-refractivity contribution in [3.63, 3.8) is 0 Å². The Kier molecular flexibility index (Phi) is 5.65. The summed E-state index contributed by atoms with van der Waals surface area (Å²) in [4.78, 5) is 14.0. The van der Waals surface area contributed by atoms with E-state index < -0.39 is 0 Å². The molecule has 134 valence electrons. The predicted molar refractivity (Wildman–Crippen MR) is 92.8 cm³/mol. The fraction of sp³-hybridized carbons (Fsp3) is 0.500. The lowest BCUT2D eigenvalue weighted by Gasteiger charge is -2.34. The van der Waals surface area contributed by atoms with Crippen LogP contribution in [0.4, 0.5) is 4.79 Å². The molecule has 7 heteroatoms. The summed E-state index contributed by atoms with van der Waals surface area (Å²) in [7, 11) is 0. The Labute approximate surface area is 147 Å². The zero-order valence-electron chi connectivity index (χ0n) is 14.4. The molecule has 2 aromatic rings. The Morgan fingerprint density at radius 3 is 2.96 bits per heavy atom. The van der Waals surface area contributed by atoms with Gasteiger partial charge in [0.1, 0.15) is 0 Å². The molecule has 1 aromatic heterocycles. The second kappa shape index (κ2) is 8.11. The summed E-state index contributed by atoms with van der Waals surface area (Å²) in [6.45, 7) is 3.55. The number of aliphatic hydroxyl groups is 1. The molecule has 2 N–H and O–H groups in total. The molecular weight excluding hydrogens is 320 g/mol. The molecule has 1 aliphatic heterocycles. The van der Waals surface area contributed by atoms with E-state index in [2.05, 4.69) is 15.5 Å². The molecule has 2 unspecified atom stereocenters. The molecule has 7 nitrogen and oxygen atoms in total. The number of carbonyl (C=O) groups is 1. The van der Waals surface area contributed by atoms with Crippen molar-refractivity contribution in [1.29, 1.82) is 0 Å². The molecule has 2 atom stereocenters. The van der Waals surface area contributed by atoms with Crippen molar-refractivity contribution < 1.29 is 14.3 Å². The van der Waals surface area contributed by atoms with Crippen LogP contribution in [0.5, 0.6) is 0 Å². The van der Waals surface area contributed by atoms with E-state index in [0.29, 0.717) is 31.3 Å². The maximum atomic E-state index is 12.2. The normalized spacial score (nSPS) is 18.8. The van der Waals surface area contributed by atoms with Gasteiger partial charge in [-0.2, -0.15) is 0 Å². The number of piperidine rings is 1. The molecule has 2 heterocycles. The molecule has 0 saturated carbocycles. The highest BCUT2D eigenvalue weighted by atomic mass is 16.4. The van der Waals surface area contributed by atoms with Crippen LogP contribution in [-0.4, -0.2) is 52.0 Å². The molecular formula is C18H24N4O3. The lowest BCUT2D eigenvalue weighted by Crippen LogP contribution is -2.47. The van der Waals surface area contributed by atoms with Gasteiger partial charge in [0, 0.05) is 37.5 Å². The van der Waals surface area contributed by atoms with E-state index in [1.165, 1.54) is 0 Å². The van der Waals surface area contributed by atoms with E-state index in [9.17, 15) is 9.90 Å². The molecule has 1 aromatic carbocycles. The average Bonchev–Trinajstić information content (AvgIpc) is 3.11. The van der Waals surface area contributed by atoms with Gasteiger partial charge in [-0.3, -0.25) is 0 Å². The fourth-order valence-electron chi connectivity index (χ4n) is 3.03. The maximum Gasteiger partial charge on any atom is 0.317 e. The smallest absolute Gasteiger partial charge is 0.317 e. The van der Waals surface area contributed by atoms with Crippen LogP contribution in [0.25, 0.3) is 11.5 Å². The average molecular weight is 344 g/mol. The Bertz CT molecular complexity index is 687. The van der Waals surface area contributed by atoms with Gasteiger partial charge in [-0.05, 0) is 31.9 Å². The first kappa shape index (κ1) is 17.4. The zero-order valence-corrected chi connectivity index (χ0v) is 14.4. The standard InChI is InChI=1S/C18H24N4O3/c1-13(23)15-8-5-11-22(12-15)18(24)19-10-9-16-20-21-17(25-16)14-6-3-2-4-7-14/h2-4,6-7,13,15,23H,5,8-12H2,1H3,(H,19,24). The van der Waals surface area contributed by atoms with E-state index in [0.717, 1.165) is 24.9 Å². The van der Waals surface area contributed by atoms with Crippen LogP contribution in [0.3, 0.4) is 0 Å². The van der Waals surface area contributed by atoms with Gasteiger partial charge < -0.3 is 19.7 Å². The van der Waals surface area contributed by atoms with E-state index >= 15 is 0 Å². The quantitative estimate of drug-likeness (QED) is 0.866. The molecule has 1 aliphatic rings. The number of carbonyl (C=O) groups excluding carboxylic acids is 1. The van der Waals surface area contributed by atoms with E-state index in [1.807, 2.05) is 30.3 Å². The number of nitrogens with one attached hydrogen (secondary N) is 1.